The molecular formula is C16H25NO2. The van der Waals surface area contributed by atoms with Gasteiger partial charge in [-0.3, -0.25) is 4.79 Å². The molecule has 3 heteroatoms. The summed E-state index contributed by atoms with van der Waals surface area (Å²) in [5.74, 6) is -0.780. The number of benzene rings is 1. The van der Waals surface area contributed by atoms with Crippen molar-refractivity contribution in [3.63, 3.8) is 0 Å². The molecule has 0 spiro atoms. The number of hydrogen-bond donors (Lipinski definition) is 2. The Morgan fingerprint density at radius 3 is 2.11 bits per heavy atom. The first kappa shape index (κ1) is 15.7. The number of carboxylic acids is 1. The Morgan fingerprint density at radius 1 is 1.21 bits per heavy atom. The van der Waals surface area contributed by atoms with E-state index in [1.54, 1.807) is 0 Å². The molecule has 0 radical (unpaired) electrons. The van der Waals surface area contributed by atoms with Gasteiger partial charge >= 0.3 is 5.97 Å². The Hall–Kier alpha value is -1.35. The normalized spacial score (nSPS) is 13.6. The topological polar surface area (TPSA) is 49.3 Å². The Bertz CT molecular complexity index is 415. The van der Waals surface area contributed by atoms with E-state index in [1.165, 1.54) is 5.56 Å². The molecule has 1 unspecified atom stereocenters. The maximum atomic E-state index is 11.0. The van der Waals surface area contributed by atoms with E-state index < -0.39 is 5.97 Å². The van der Waals surface area contributed by atoms with Crippen molar-refractivity contribution in [3.8, 4) is 0 Å². The van der Waals surface area contributed by atoms with Crippen molar-refractivity contribution in [2.45, 2.75) is 58.5 Å². The Balaban J connectivity index is 2.93. The quantitative estimate of drug-likeness (QED) is 0.855. The number of rotatable bonds is 5. The fraction of sp³-hybridized carbons (Fsp3) is 0.562. The molecule has 0 amide bonds. The second-order valence-corrected chi connectivity index (χ2v) is 6.34. The molecule has 106 valence electrons. The fourth-order valence-electron chi connectivity index (χ4n) is 2.07. The standard InChI is InChI=1S/C16H25NO2/c1-11(2)17-14(10-15(18)19)12-6-8-13(9-7-12)16(3,4)5/h6-9,11,14,17H,10H2,1-5H3,(H,18,19). The second-order valence-electron chi connectivity index (χ2n) is 6.34. The van der Waals surface area contributed by atoms with Gasteiger partial charge in [-0.15, -0.1) is 0 Å². The van der Waals surface area contributed by atoms with E-state index in [1.807, 2.05) is 26.0 Å². The van der Waals surface area contributed by atoms with Crippen LogP contribution in [0.3, 0.4) is 0 Å². The molecule has 0 bridgehead atoms. The molecule has 0 heterocycles. The highest BCUT2D eigenvalue weighted by Crippen LogP contribution is 2.25. The van der Waals surface area contributed by atoms with Gasteiger partial charge in [-0.05, 0) is 16.5 Å². The maximum absolute atomic E-state index is 11.0. The Morgan fingerprint density at radius 2 is 1.74 bits per heavy atom. The summed E-state index contributed by atoms with van der Waals surface area (Å²) in [7, 11) is 0. The zero-order valence-corrected chi connectivity index (χ0v) is 12.5. The van der Waals surface area contributed by atoms with E-state index in [4.69, 9.17) is 5.11 Å². The highest BCUT2D eigenvalue weighted by Gasteiger charge is 2.18. The Labute approximate surface area is 116 Å². The molecule has 0 aliphatic heterocycles. The third-order valence-electron chi connectivity index (χ3n) is 3.09. The van der Waals surface area contributed by atoms with Gasteiger partial charge in [0.15, 0.2) is 0 Å². The zero-order valence-electron chi connectivity index (χ0n) is 12.5. The molecule has 0 saturated carbocycles. The first-order valence-electron chi connectivity index (χ1n) is 6.78. The maximum Gasteiger partial charge on any atom is 0.305 e. The SMILES string of the molecule is CC(C)NC(CC(=O)O)c1ccc(C(C)(C)C)cc1. The molecular weight excluding hydrogens is 238 g/mol. The van der Waals surface area contributed by atoms with Crippen molar-refractivity contribution < 1.29 is 9.90 Å². The molecule has 1 aromatic rings. The van der Waals surface area contributed by atoms with Gasteiger partial charge in [0.1, 0.15) is 0 Å². The van der Waals surface area contributed by atoms with Crippen LogP contribution in [0.25, 0.3) is 0 Å². The van der Waals surface area contributed by atoms with Gasteiger partial charge in [-0.1, -0.05) is 58.9 Å². The lowest BCUT2D eigenvalue weighted by molar-refractivity contribution is -0.137. The predicted octanol–water partition coefficient (Wildman–Crippen LogP) is 3.50. The van der Waals surface area contributed by atoms with Crippen LogP contribution in [0.4, 0.5) is 0 Å². The molecule has 1 aromatic carbocycles. The van der Waals surface area contributed by atoms with Crippen molar-refractivity contribution >= 4 is 5.97 Å². The smallest absolute Gasteiger partial charge is 0.305 e. The molecule has 0 saturated heterocycles. The minimum absolute atomic E-state index is 0.104. The van der Waals surface area contributed by atoms with Crippen molar-refractivity contribution in [1.82, 2.24) is 5.32 Å². The van der Waals surface area contributed by atoms with Gasteiger partial charge in [0.2, 0.25) is 0 Å². The summed E-state index contributed by atoms with van der Waals surface area (Å²) in [6.45, 7) is 10.6. The van der Waals surface area contributed by atoms with Crippen LogP contribution in [-0.4, -0.2) is 17.1 Å². The number of carboxylic acid groups (broad SMARTS) is 1. The van der Waals surface area contributed by atoms with Crippen LogP contribution < -0.4 is 5.32 Å². The van der Waals surface area contributed by atoms with Crippen LogP contribution in [0.5, 0.6) is 0 Å². The van der Waals surface area contributed by atoms with Crippen molar-refractivity contribution in [2.24, 2.45) is 0 Å². The van der Waals surface area contributed by atoms with Crippen LogP contribution in [0, 0.1) is 0 Å². The van der Waals surface area contributed by atoms with Crippen LogP contribution in [-0.2, 0) is 10.2 Å². The lowest BCUT2D eigenvalue weighted by Crippen LogP contribution is -2.30. The summed E-state index contributed by atoms with van der Waals surface area (Å²) < 4.78 is 0. The molecule has 0 fully saturated rings. The lowest BCUT2D eigenvalue weighted by Gasteiger charge is -2.23. The molecule has 0 aromatic heterocycles. The van der Waals surface area contributed by atoms with Gasteiger partial charge in [0, 0.05) is 12.1 Å². The van der Waals surface area contributed by atoms with Crippen LogP contribution in [0.2, 0.25) is 0 Å². The third kappa shape index (κ3) is 5.03. The molecule has 3 nitrogen and oxygen atoms in total. The van der Waals surface area contributed by atoms with Gasteiger partial charge in [0.25, 0.3) is 0 Å². The summed E-state index contributed by atoms with van der Waals surface area (Å²) in [5, 5.41) is 12.3. The Kier molecular flexibility index (Phi) is 5.12. The number of hydrogen-bond acceptors (Lipinski definition) is 2. The van der Waals surface area contributed by atoms with E-state index >= 15 is 0 Å². The summed E-state index contributed by atoms with van der Waals surface area (Å²) >= 11 is 0. The van der Waals surface area contributed by atoms with E-state index in [9.17, 15) is 4.79 Å². The zero-order chi connectivity index (χ0) is 14.6. The van der Waals surface area contributed by atoms with E-state index in [0.29, 0.717) is 0 Å². The minimum atomic E-state index is -0.780. The largest absolute Gasteiger partial charge is 0.481 e. The number of aliphatic carboxylic acids is 1. The molecule has 1 atom stereocenters. The summed E-state index contributed by atoms with van der Waals surface area (Å²) in [6, 6.07) is 8.36. The summed E-state index contributed by atoms with van der Waals surface area (Å²) in [5.41, 5.74) is 2.41. The monoisotopic (exact) mass is 263 g/mol. The average molecular weight is 263 g/mol. The highest BCUT2D eigenvalue weighted by molar-refractivity contribution is 5.68. The summed E-state index contributed by atoms with van der Waals surface area (Å²) in [4.78, 5) is 11.0. The first-order valence-corrected chi connectivity index (χ1v) is 6.78. The van der Waals surface area contributed by atoms with Crippen molar-refractivity contribution in [3.05, 3.63) is 35.4 Å². The minimum Gasteiger partial charge on any atom is -0.481 e. The van der Waals surface area contributed by atoms with Crippen LogP contribution in [0.1, 0.15) is 58.2 Å². The van der Waals surface area contributed by atoms with Crippen LogP contribution >= 0.6 is 0 Å². The van der Waals surface area contributed by atoms with Gasteiger partial charge < -0.3 is 10.4 Å². The number of carbonyl (C=O) groups is 1. The predicted molar refractivity (Wildman–Crippen MR) is 78.4 cm³/mol. The molecule has 19 heavy (non-hydrogen) atoms. The van der Waals surface area contributed by atoms with E-state index in [-0.39, 0.29) is 23.9 Å². The molecule has 1 rings (SSSR count). The fourth-order valence-corrected chi connectivity index (χ4v) is 2.07. The van der Waals surface area contributed by atoms with Gasteiger partial charge in [0.05, 0.1) is 6.42 Å². The molecule has 2 N–H and O–H groups in total. The lowest BCUT2D eigenvalue weighted by atomic mass is 9.86. The van der Waals surface area contributed by atoms with E-state index in [0.717, 1.165) is 5.56 Å². The first-order chi connectivity index (χ1) is 8.70. The number of nitrogens with one attached hydrogen (secondary N) is 1. The van der Waals surface area contributed by atoms with E-state index in [2.05, 4.69) is 38.2 Å². The molecule has 0 aliphatic carbocycles. The third-order valence-corrected chi connectivity index (χ3v) is 3.09. The highest BCUT2D eigenvalue weighted by atomic mass is 16.4. The van der Waals surface area contributed by atoms with Gasteiger partial charge in [-0.2, -0.15) is 0 Å². The van der Waals surface area contributed by atoms with Crippen molar-refractivity contribution in [1.29, 1.82) is 0 Å². The second kappa shape index (κ2) is 6.20. The average Bonchev–Trinajstić information content (AvgIpc) is 2.26. The van der Waals surface area contributed by atoms with Crippen LogP contribution in [0.15, 0.2) is 24.3 Å². The summed E-state index contributed by atoms with van der Waals surface area (Å²) in [6.07, 6.45) is 0.104. The molecule has 0 aliphatic rings. The van der Waals surface area contributed by atoms with Gasteiger partial charge in [-0.25, -0.2) is 0 Å². The van der Waals surface area contributed by atoms with Crippen molar-refractivity contribution in [2.75, 3.05) is 0 Å².